The monoisotopic (exact) mass is 270 g/mol. The summed E-state index contributed by atoms with van der Waals surface area (Å²) in [4.78, 5) is 18.5. The van der Waals surface area contributed by atoms with Crippen molar-refractivity contribution in [1.29, 1.82) is 0 Å². The molecule has 1 saturated heterocycles. The van der Waals surface area contributed by atoms with Crippen molar-refractivity contribution in [3.05, 3.63) is 35.9 Å². The van der Waals surface area contributed by atoms with Gasteiger partial charge < -0.3 is 16.0 Å². The number of carbonyl (C=O) groups is 1. The van der Waals surface area contributed by atoms with Gasteiger partial charge in [0.1, 0.15) is 5.82 Å². The number of nitrogens with zero attached hydrogens (tertiary/aromatic N) is 2. The molecule has 5 nitrogen and oxygen atoms in total. The van der Waals surface area contributed by atoms with Crippen molar-refractivity contribution in [2.75, 3.05) is 24.5 Å². The number of amides is 1. The van der Waals surface area contributed by atoms with Gasteiger partial charge in [0.2, 0.25) is 5.91 Å². The van der Waals surface area contributed by atoms with E-state index in [2.05, 4.69) is 22.1 Å². The fourth-order valence-electron chi connectivity index (χ4n) is 2.67. The quantitative estimate of drug-likeness (QED) is 0.858. The predicted molar refractivity (Wildman–Crippen MR) is 79.9 cm³/mol. The molecule has 1 amide bonds. The minimum atomic E-state index is -0.409. The molecule has 0 aliphatic carbocycles. The van der Waals surface area contributed by atoms with Gasteiger partial charge in [0, 0.05) is 31.1 Å². The summed E-state index contributed by atoms with van der Waals surface area (Å²) in [5, 5.41) is 4.21. The number of nitrogens with one attached hydrogen (secondary N) is 1. The standard InChI is InChI=1S/C15H18N4O/c1-10-9-19(7-6-17-10)14-8-12(15(16)20)11-4-2-3-5-13(11)18-14/h2-5,8,10,17H,6-7,9H2,1H3,(H2,16,20)/t10-/m0/s1. The third-order valence-electron chi connectivity index (χ3n) is 3.66. The molecule has 3 N–H and O–H groups in total. The molecule has 3 rings (SSSR count). The second kappa shape index (κ2) is 5.09. The first-order valence-corrected chi connectivity index (χ1v) is 6.83. The summed E-state index contributed by atoms with van der Waals surface area (Å²) in [6, 6.07) is 9.83. The Bertz CT molecular complexity index is 655. The number of para-hydroxylation sites is 1. The number of hydrogen-bond donors (Lipinski definition) is 2. The molecule has 20 heavy (non-hydrogen) atoms. The van der Waals surface area contributed by atoms with Crippen LogP contribution in [0.5, 0.6) is 0 Å². The lowest BCUT2D eigenvalue weighted by Crippen LogP contribution is -2.49. The predicted octanol–water partition coefficient (Wildman–Crippen LogP) is 1.13. The van der Waals surface area contributed by atoms with Crippen LogP contribution in [0.3, 0.4) is 0 Å². The number of aromatic nitrogens is 1. The Kier molecular flexibility index (Phi) is 3.28. The van der Waals surface area contributed by atoms with Gasteiger partial charge in [0.05, 0.1) is 11.1 Å². The molecule has 0 radical (unpaired) electrons. The Labute approximate surface area is 117 Å². The first-order chi connectivity index (χ1) is 9.65. The van der Waals surface area contributed by atoms with Crippen LogP contribution in [0.15, 0.2) is 30.3 Å². The summed E-state index contributed by atoms with van der Waals surface area (Å²) in [5.41, 5.74) is 6.86. The normalized spacial score (nSPS) is 19.2. The van der Waals surface area contributed by atoms with Crippen LogP contribution in [-0.4, -0.2) is 36.6 Å². The van der Waals surface area contributed by atoms with Crippen LogP contribution in [-0.2, 0) is 0 Å². The number of carbonyl (C=O) groups excluding carboxylic acids is 1. The Morgan fingerprint density at radius 3 is 3.00 bits per heavy atom. The highest BCUT2D eigenvalue weighted by atomic mass is 16.1. The molecular formula is C15H18N4O. The average Bonchev–Trinajstić information content (AvgIpc) is 2.46. The van der Waals surface area contributed by atoms with Crippen molar-refractivity contribution in [2.45, 2.75) is 13.0 Å². The third-order valence-corrected chi connectivity index (χ3v) is 3.66. The van der Waals surface area contributed by atoms with Crippen LogP contribution in [0.1, 0.15) is 17.3 Å². The summed E-state index contributed by atoms with van der Waals surface area (Å²) < 4.78 is 0. The average molecular weight is 270 g/mol. The summed E-state index contributed by atoms with van der Waals surface area (Å²) >= 11 is 0. The fourth-order valence-corrected chi connectivity index (χ4v) is 2.67. The largest absolute Gasteiger partial charge is 0.366 e. The van der Waals surface area contributed by atoms with Gasteiger partial charge in [-0.25, -0.2) is 4.98 Å². The zero-order valence-corrected chi connectivity index (χ0v) is 11.5. The van der Waals surface area contributed by atoms with E-state index in [9.17, 15) is 4.79 Å². The molecule has 5 heteroatoms. The third kappa shape index (κ3) is 2.32. The number of nitrogens with two attached hydrogens (primary N) is 1. The van der Waals surface area contributed by atoms with E-state index >= 15 is 0 Å². The van der Waals surface area contributed by atoms with Gasteiger partial charge in [-0.2, -0.15) is 0 Å². The molecule has 1 aromatic carbocycles. The first kappa shape index (κ1) is 12.9. The van der Waals surface area contributed by atoms with Crippen LogP contribution >= 0.6 is 0 Å². The summed E-state index contributed by atoms with van der Waals surface area (Å²) in [6.45, 7) is 4.82. The second-order valence-electron chi connectivity index (χ2n) is 5.21. The zero-order valence-electron chi connectivity index (χ0n) is 11.5. The lowest BCUT2D eigenvalue weighted by molar-refractivity contribution is 0.100. The number of hydrogen-bond acceptors (Lipinski definition) is 4. The molecule has 104 valence electrons. The van der Waals surface area contributed by atoms with Gasteiger partial charge in [-0.3, -0.25) is 4.79 Å². The Morgan fingerprint density at radius 1 is 1.45 bits per heavy atom. The summed E-state index contributed by atoms with van der Waals surface area (Å²) in [6.07, 6.45) is 0. The molecule has 0 bridgehead atoms. The number of rotatable bonds is 2. The molecule has 2 heterocycles. The van der Waals surface area contributed by atoms with E-state index in [1.807, 2.05) is 30.3 Å². The van der Waals surface area contributed by atoms with Crippen molar-refractivity contribution in [3.63, 3.8) is 0 Å². The minimum absolute atomic E-state index is 0.409. The number of benzene rings is 1. The van der Waals surface area contributed by atoms with Crippen molar-refractivity contribution < 1.29 is 4.79 Å². The maximum absolute atomic E-state index is 11.7. The van der Waals surface area contributed by atoms with Gasteiger partial charge in [-0.15, -0.1) is 0 Å². The first-order valence-electron chi connectivity index (χ1n) is 6.83. The van der Waals surface area contributed by atoms with Crippen LogP contribution in [0, 0.1) is 0 Å². The highest BCUT2D eigenvalue weighted by molar-refractivity contribution is 6.06. The lowest BCUT2D eigenvalue weighted by Gasteiger charge is -2.33. The van der Waals surface area contributed by atoms with Crippen LogP contribution in [0.2, 0.25) is 0 Å². The van der Waals surface area contributed by atoms with E-state index in [0.717, 1.165) is 36.4 Å². The van der Waals surface area contributed by atoms with Gasteiger partial charge in [-0.1, -0.05) is 18.2 Å². The van der Waals surface area contributed by atoms with Crippen molar-refractivity contribution in [2.24, 2.45) is 5.73 Å². The van der Waals surface area contributed by atoms with Crippen LogP contribution in [0.4, 0.5) is 5.82 Å². The molecule has 1 atom stereocenters. The van der Waals surface area contributed by atoms with Gasteiger partial charge in [0.25, 0.3) is 0 Å². The smallest absolute Gasteiger partial charge is 0.249 e. The molecule has 1 aliphatic rings. The lowest BCUT2D eigenvalue weighted by atomic mass is 10.1. The molecule has 0 saturated carbocycles. The van der Waals surface area contributed by atoms with Crippen molar-refractivity contribution >= 4 is 22.6 Å². The van der Waals surface area contributed by atoms with Gasteiger partial charge in [0.15, 0.2) is 0 Å². The molecular weight excluding hydrogens is 252 g/mol. The van der Waals surface area contributed by atoms with E-state index in [4.69, 9.17) is 5.73 Å². The van der Waals surface area contributed by atoms with Crippen LogP contribution < -0.4 is 16.0 Å². The topological polar surface area (TPSA) is 71.2 Å². The summed E-state index contributed by atoms with van der Waals surface area (Å²) in [7, 11) is 0. The number of piperazine rings is 1. The maximum Gasteiger partial charge on any atom is 0.249 e. The van der Waals surface area contributed by atoms with Gasteiger partial charge >= 0.3 is 0 Å². The molecule has 1 aromatic heterocycles. The Morgan fingerprint density at radius 2 is 2.25 bits per heavy atom. The highest BCUT2D eigenvalue weighted by Gasteiger charge is 2.19. The Hall–Kier alpha value is -2.14. The highest BCUT2D eigenvalue weighted by Crippen LogP contribution is 2.23. The van der Waals surface area contributed by atoms with Crippen LogP contribution in [0.25, 0.3) is 10.9 Å². The molecule has 1 fully saturated rings. The maximum atomic E-state index is 11.7. The number of anilines is 1. The second-order valence-corrected chi connectivity index (χ2v) is 5.21. The van der Waals surface area contributed by atoms with E-state index in [0.29, 0.717) is 11.6 Å². The number of primary amides is 1. The van der Waals surface area contributed by atoms with Crippen molar-refractivity contribution in [1.82, 2.24) is 10.3 Å². The molecule has 1 aliphatic heterocycles. The summed E-state index contributed by atoms with van der Waals surface area (Å²) in [5.74, 6) is 0.416. The van der Waals surface area contributed by atoms with E-state index < -0.39 is 5.91 Å². The van der Waals surface area contributed by atoms with E-state index in [1.54, 1.807) is 0 Å². The zero-order chi connectivity index (χ0) is 14.1. The van der Waals surface area contributed by atoms with E-state index in [1.165, 1.54) is 0 Å². The number of pyridine rings is 1. The van der Waals surface area contributed by atoms with Crippen molar-refractivity contribution in [3.8, 4) is 0 Å². The molecule has 0 spiro atoms. The number of fused-ring (bicyclic) bond motifs is 1. The van der Waals surface area contributed by atoms with Gasteiger partial charge in [-0.05, 0) is 19.1 Å². The minimum Gasteiger partial charge on any atom is -0.366 e. The fraction of sp³-hybridized carbons (Fsp3) is 0.333. The molecule has 0 unspecified atom stereocenters. The van der Waals surface area contributed by atoms with E-state index in [-0.39, 0.29) is 0 Å². The SMILES string of the molecule is C[C@H]1CN(c2cc(C(N)=O)c3ccccc3n2)CCN1. The Balaban J connectivity index is 2.09. The molecule has 2 aromatic rings.